The third-order valence-electron chi connectivity index (χ3n) is 4.58. The van der Waals surface area contributed by atoms with Crippen molar-refractivity contribution in [3.63, 3.8) is 0 Å². The lowest BCUT2D eigenvalue weighted by molar-refractivity contribution is 0.0996. The minimum atomic E-state index is -0.609. The zero-order valence-electron chi connectivity index (χ0n) is 15.3. The van der Waals surface area contributed by atoms with Crippen molar-refractivity contribution in [3.05, 3.63) is 71.9 Å². The average Bonchev–Trinajstić information content (AvgIpc) is 2.72. The molecule has 7 heteroatoms. The molecule has 6 nitrogen and oxygen atoms in total. The Morgan fingerprint density at radius 3 is 2.52 bits per heavy atom. The van der Waals surface area contributed by atoms with Gasteiger partial charge in [0.1, 0.15) is 17.2 Å². The van der Waals surface area contributed by atoms with Crippen molar-refractivity contribution in [1.29, 1.82) is 0 Å². The number of fused-ring (bicyclic) bond motifs is 2. The van der Waals surface area contributed by atoms with Gasteiger partial charge in [0.25, 0.3) is 11.1 Å². The number of halogens is 1. The van der Waals surface area contributed by atoms with E-state index in [4.69, 9.17) is 26.8 Å². The lowest BCUT2D eigenvalue weighted by atomic mass is 10.0. The molecule has 4 aromatic rings. The van der Waals surface area contributed by atoms with Crippen LogP contribution in [0.5, 0.6) is 17.2 Å². The van der Waals surface area contributed by atoms with E-state index < -0.39 is 11.1 Å². The van der Waals surface area contributed by atoms with Gasteiger partial charge in [0, 0.05) is 23.2 Å². The molecule has 0 spiro atoms. The third-order valence-corrected chi connectivity index (χ3v) is 4.78. The van der Waals surface area contributed by atoms with Gasteiger partial charge in [-0.05, 0) is 58.8 Å². The summed E-state index contributed by atoms with van der Waals surface area (Å²) >= 11 is 5.66. The molecule has 0 bridgehead atoms. The molecule has 3 aromatic carbocycles. The summed E-state index contributed by atoms with van der Waals surface area (Å²) in [5, 5.41) is 1.65. The fourth-order valence-electron chi connectivity index (χ4n) is 3.22. The summed E-state index contributed by atoms with van der Waals surface area (Å²) in [6.45, 7) is 0. The van der Waals surface area contributed by atoms with Crippen LogP contribution in [0.2, 0.25) is 0 Å². The van der Waals surface area contributed by atoms with Gasteiger partial charge in [0.2, 0.25) is 0 Å². The summed E-state index contributed by atoms with van der Waals surface area (Å²) in [5.74, 6) is 0.797. The molecule has 144 valence electrons. The molecule has 29 heavy (non-hydrogen) atoms. The summed E-state index contributed by atoms with van der Waals surface area (Å²) < 4.78 is 11.3. The van der Waals surface area contributed by atoms with Crippen LogP contribution in [0.3, 0.4) is 0 Å². The van der Waals surface area contributed by atoms with Gasteiger partial charge in [-0.25, -0.2) is 0 Å². The fourth-order valence-corrected chi connectivity index (χ4v) is 3.39. The highest BCUT2D eigenvalue weighted by Gasteiger charge is 2.15. The maximum Gasteiger partial charge on any atom is 0.253 e. The van der Waals surface area contributed by atoms with Gasteiger partial charge in [0.15, 0.2) is 0 Å². The quantitative estimate of drug-likeness (QED) is 0.486. The van der Waals surface area contributed by atoms with Gasteiger partial charge in [0.05, 0.1) is 18.2 Å². The van der Waals surface area contributed by atoms with Crippen molar-refractivity contribution in [2.24, 2.45) is 5.73 Å². The topological polar surface area (TPSA) is 91.5 Å². The van der Waals surface area contributed by atoms with Crippen LogP contribution in [-0.4, -0.2) is 23.2 Å². The first kappa shape index (κ1) is 18.7. The molecule has 1 amide bonds. The maximum atomic E-state index is 11.8. The molecule has 1 aromatic heterocycles. The number of primary amides is 1. The SMILES string of the molecule is COc1cc2nccc(Oc3ccc4c(C(=O)Cl)cccc4c3)c2cc1C(N)=O. The summed E-state index contributed by atoms with van der Waals surface area (Å²) in [6.07, 6.45) is 1.60. The second-order valence-electron chi connectivity index (χ2n) is 6.31. The molecule has 0 aliphatic rings. The molecular formula is C22H15ClN2O4. The second-order valence-corrected chi connectivity index (χ2v) is 6.65. The molecule has 1 heterocycles. The molecule has 0 saturated heterocycles. The number of aromatic nitrogens is 1. The van der Waals surface area contributed by atoms with Crippen LogP contribution >= 0.6 is 11.6 Å². The third kappa shape index (κ3) is 3.46. The zero-order chi connectivity index (χ0) is 20.5. The van der Waals surface area contributed by atoms with Gasteiger partial charge < -0.3 is 15.2 Å². The molecule has 0 radical (unpaired) electrons. The van der Waals surface area contributed by atoms with Crippen molar-refractivity contribution in [2.45, 2.75) is 0 Å². The Morgan fingerprint density at radius 1 is 0.966 bits per heavy atom. The van der Waals surface area contributed by atoms with Crippen molar-refractivity contribution >= 4 is 44.4 Å². The van der Waals surface area contributed by atoms with E-state index in [0.717, 1.165) is 10.8 Å². The lowest BCUT2D eigenvalue weighted by Crippen LogP contribution is -2.12. The summed E-state index contributed by atoms with van der Waals surface area (Å²) in [4.78, 5) is 27.7. The molecule has 0 atom stereocenters. The van der Waals surface area contributed by atoms with E-state index in [1.165, 1.54) is 7.11 Å². The minimum absolute atomic E-state index is 0.238. The normalized spacial score (nSPS) is 10.8. The minimum Gasteiger partial charge on any atom is -0.496 e. The number of amides is 1. The predicted octanol–water partition coefficient (Wildman–Crippen LogP) is 4.67. The number of carbonyl (C=O) groups is 2. The number of nitrogens with two attached hydrogens (primary N) is 1. The predicted molar refractivity (Wildman–Crippen MR) is 111 cm³/mol. The average molecular weight is 407 g/mol. The number of ether oxygens (including phenoxy) is 2. The fraction of sp³-hybridized carbons (Fsp3) is 0.0455. The highest BCUT2D eigenvalue weighted by atomic mass is 35.5. The van der Waals surface area contributed by atoms with E-state index >= 15 is 0 Å². The van der Waals surface area contributed by atoms with E-state index in [1.807, 2.05) is 12.1 Å². The second kappa shape index (κ2) is 7.41. The molecule has 4 rings (SSSR count). The lowest BCUT2D eigenvalue weighted by Gasteiger charge is -2.12. The van der Waals surface area contributed by atoms with Crippen LogP contribution in [-0.2, 0) is 0 Å². The number of methoxy groups -OCH3 is 1. The van der Waals surface area contributed by atoms with E-state index in [9.17, 15) is 9.59 Å². The first-order valence-electron chi connectivity index (χ1n) is 8.65. The van der Waals surface area contributed by atoms with Gasteiger partial charge in [-0.3, -0.25) is 14.6 Å². The molecule has 0 fully saturated rings. The Kier molecular flexibility index (Phi) is 4.78. The number of nitrogens with zero attached hydrogens (tertiary/aromatic N) is 1. The van der Waals surface area contributed by atoms with Crippen LogP contribution in [0.4, 0.5) is 0 Å². The van der Waals surface area contributed by atoms with Gasteiger partial charge >= 0.3 is 0 Å². The highest BCUT2D eigenvalue weighted by molar-refractivity contribution is 6.68. The standard InChI is InChI=1S/C22H15ClN2O4/c1-28-20-11-18-16(10-17(20)22(24)27)19(7-8-25-18)29-13-5-6-14-12(9-13)3-2-4-15(14)21(23)26/h2-11H,1H3,(H2,24,27). The first-order chi connectivity index (χ1) is 14.0. The van der Waals surface area contributed by atoms with Crippen LogP contribution in [0, 0.1) is 0 Å². The Morgan fingerprint density at radius 2 is 1.79 bits per heavy atom. The Labute approximate surface area is 170 Å². The number of rotatable bonds is 5. The maximum absolute atomic E-state index is 11.8. The van der Waals surface area contributed by atoms with Crippen molar-refractivity contribution < 1.29 is 19.1 Å². The number of pyridine rings is 1. The van der Waals surface area contributed by atoms with Gasteiger partial charge in [-0.2, -0.15) is 0 Å². The number of hydrogen-bond acceptors (Lipinski definition) is 5. The number of carbonyl (C=O) groups excluding carboxylic acids is 2. The molecular weight excluding hydrogens is 392 g/mol. The van der Waals surface area contributed by atoms with E-state index in [-0.39, 0.29) is 5.56 Å². The first-order valence-corrected chi connectivity index (χ1v) is 9.03. The van der Waals surface area contributed by atoms with Crippen molar-refractivity contribution in [1.82, 2.24) is 4.98 Å². The van der Waals surface area contributed by atoms with Gasteiger partial charge in [-0.15, -0.1) is 0 Å². The number of benzene rings is 3. The van der Waals surface area contributed by atoms with E-state index in [2.05, 4.69) is 4.98 Å². The Hall–Kier alpha value is -3.64. The largest absolute Gasteiger partial charge is 0.496 e. The van der Waals surface area contributed by atoms with E-state index in [1.54, 1.807) is 48.7 Å². The molecule has 2 N–H and O–H groups in total. The molecule has 0 saturated carbocycles. The smallest absolute Gasteiger partial charge is 0.253 e. The monoisotopic (exact) mass is 406 g/mol. The molecule has 0 aliphatic carbocycles. The van der Waals surface area contributed by atoms with Crippen LogP contribution < -0.4 is 15.2 Å². The number of hydrogen-bond donors (Lipinski definition) is 1. The Bertz CT molecular complexity index is 1290. The van der Waals surface area contributed by atoms with Crippen LogP contribution in [0.15, 0.2) is 60.8 Å². The molecule has 0 aliphatic heterocycles. The Balaban J connectivity index is 1.81. The van der Waals surface area contributed by atoms with E-state index in [0.29, 0.717) is 33.7 Å². The van der Waals surface area contributed by atoms with Crippen molar-refractivity contribution in [3.8, 4) is 17.2 Å². The summed E-state index contributed by atoms with van der Waals surface area (Å²) in [5.41, 5.74) is 6.73. The summed E-state index contributed by atoms with van der Waals surface area (Å²) in [6, 6.07) is 15.6. The highest BCUT2D eigenvalue weighted by Crippen LogP contribution is 2.34. The van der Waals surface area contributed by atoms with Crippen molar-refractivity contribution in [2.75, 3.05) is 7.11 Å². The summed E-state index contributed by atoms with van der Waals surface area (Å²) in [7, 11) is 1.46. The zero-order valence-corrected chi connectivity index (χ0v) is 16.1. The van der Waals surface area contributed by atoms with Crippen LogP contribution in [0.25, 0.3) is 21.7 Å². The van der Waals surface area contributed by atoms with Gasteiger partial charge in [-0.1, -0.05) is 12.1 Å². The molecule has 0 unspecified atom stereocenters. The van der Waals surface area contributed by atoms with Crippen LogP contribution in [0.1, 0.15) is 20.7 Å².